The Hall–Kier alpha value is -1.41. The minimum atomic E-state index is -2.75. The van der Waals surface area contributed by atoms with Gasteiger partial charge in [-0.05, 0) is 0 Å². The van der Waals surface area contributed by atoms with Gasteiger partial charge in [-0.25, -0.2) is 13.8 Å². The summed E-state index contributed by atoms with van der Waals surface area (Å²) in [5.74, 6) is -0.0559. The third-order valence-corrected chi connectivity index (χ3v) is 2.15. The number of alkyl halides is 2. The summed E-state index contributed by atoms with van der Waals surface area (Å²) in [5.41, 5.74) is -0.340. The Morgan fingerprint density at radius 1 is 1.67 bits per heavy atom. The maximum absolute atomic E-state index is 12.7. The molecular formula is C9H7ClF2N2O. The molecule has 0 saturated carbocycles. The molecule has 0 saturated heterocycles. The van der Waals surface area contributed by atoms with Gasteiger partial charge in [-0.3, -0.25) is 0 Å². The maximum atomic E-state index is 12.7. The van der Waals surface area contributed by atoms with E-state index in [1.165, 1.54) is 7.11 Å². The summed E-state index contributed by atoms with van der Waals surface area (Å²) in [7, 11) is 1.26. The first-order chi connectivity index (χ1) is 7.11. The highest BCUT2D eigenvalue weighted by Gasteiger charge is 2.21. The molecule has 1 heterocycles. The number of nitriles is 1. The van der Waals surface area contributed by atoms with Gasteiger partial charge in [0.15, 0.2) is 0 Å². The largest absolute Gasteiger partial charge is 0.495 e. The quantitative estimate of drug-likeness (QED) is 0.753. The summed E-state index contributed by atoms with van der Waals surface area (Å²) in [5, 5.41) is 8.40. The topological polar surface area (TPSA) is 45.9 Å². The minimum Gasteiger partial charge on any atom is -0.495 e. The number of ether oxygens (including phenoxy) is 1. The van der Waals surface area contributed by atoms with Crippen LogP contribution in [0, 0.1) is 11.3 Å². The molecule has 0 unspecified atom stereocenters. The monoisotopic (exact) mass is 232 g/mol. The fourth-order valence-electron chi connectivity index (χ4n) is 1.17. The van der Waals surface area contributed by atoms with Crippen molar-refractivity contribution in [3.63, 3.8) is 0 Å². The Bertz CT molecular complexity index is 404. The molecule has 0 aromatic carbocycles. The maximum Gasteiger partial charge on any atom is 0.267 e. The lowest BCUT2D eigenvalue weighted by Gasteiger charge is -2.11. The number of aromatic nitrogens is 1. The summed E-state index contributed by atoms with van der Waals surface area (Å²) in [6.07, 6.45) is -1.85. The third kappa shape index (κ3) is 2.34. The van der Waals surface area contributed by atoms with E-state index in [0.29, 0.717) is 0 Å². The zero-order chi connectivity index (χ0) is 11.4. The smallest absolute Gasteiger partial charge is 0.267 e. The molecule has 1 rings (SSSR count). The molecule has 0 spiro atoms. The van der Waals surface area contributed by atoms with Gasteiger partial charge in [0.25, 0.3) is 6.43 Å². The fraction of sp³-hybridized carbons (Fsp3) is 0.333. The lowest BCUT2D eigenvalue weighted by molar-refractivity contribution is 0.146. The standard InChI is InChI=1S/C9H7ClF2N2O/c1-15-6-4-14-8(10)5(2-3-13)7(6)9(11)12/h4,9H,2H2,1H3. The summed E-state index contributed by atoms with van der Waals surface area (Å²) >= 11 is 5.63. The number of hydrogen-bond acceptors (Lipinski definition) is 3. The molecule has 0 atom stereocenters. The van der Waals surface area contributed by atoms with Crippen LogP contribution in [0.1, 0.15) is 17.6 Å². The Balaban J connectivity index is 3.38. The van der Waals surface area contributed by atoms with Crippen molar-refractivity contribution in [2.45, 2.75) is 12.8 Å². The molecule has 0 bridgehead atoms. The normalized spacial score (nSPS) is 10.1. The third-order valence-electron chi connectivity index (χ3n) is 1.83. The Morgan fingerprint density at radius 2 is 2.33 bits per heavy atom. The van der Waals surface area contributed by atoms with Crippen LogP contribution >= 0.6 is 11.6 Å². The van der Waals surface area contributed by atoms with Crippen LogP contribution in [0.15, 0.2) is 6.20 Å². The highest BCUT2D eigenvalue weighted by molar-refractivity contribution is 6.30. The van der Waals surface area contributed by atoms with Crippen molar-refractivity contribution < 1.29 is 13.5 Å². The molecule has 0 amide bonds. The zero-order valence-corrected chi connectivity index (χ0v) is 8.55. The Labute approximate surface area is 90.3 Å². The highest BCUT2D eigenvalue weighted by Crippen LogP contribution is 2.34. The van der Waals surface area contributed by atoms with Crippen molar-refractivity contribution in [3.05, 3.63) is 22.5 Å². The second-order valence-electron chi connectivity index (χ2n) is 2.65. The molecule has 1 aromatic heterocycles. The van der Waals surface area contributed by atoms with Crippen molar-refractivity contribution in [2.75, 3.05) is 7.11 Å². The van der Waals surface area contributed by atoms with E-state index in [9.17, 15) is 8.78 Å². The molecule has 0 radical (unpaired) electrons. The van der Waals surface area contributed by atoms with Crippen molar-refractivity contribution in [3.8, 4) is 11.8 Å². The van der Waals surface area contributed by atoms with Crippen molar-refractivity contribution >= 4 is 11.6 Å². The first-order valence-corrected chi connectivity index (χ1v) is 4.36. The molecule has 15 heavy (non-hydrogen) atoms. The predicted octanol–water partition coefficient (Wildman–Crippen LogP) is 2.75. The fourth-order valence-corrected chi connectivity index (χ4v) is 1.39. The summed E-state index contributed by atoms with van der Waals surface area (Å²) in [6, 6.07) is 1.76. The van der Waals surface area contributed by atoms with Crippen LogP contribution in [0.25, 0.3) is 0 Å². The van der Waals surface area contributed by atoms with Crippen LogP contribution < -0.4 is 4.74 Å². The molecule has 0 aliphatic rings. The number of nitrogens with zero attached hydrogens (tertiary/aromatic N) is 2. The minimum absolute atomic E-state index is 0.0218. The van der Waals surface area contributed by atoms with Gasteiger partial charge in [-0.2, -0.15) is 5.26 Å². The summed E-state index contributed by atoms with van der Waals surface area (Å²) in [4.78, 5) is 3.67. The number of rotatable bonds is 3. The Morgan fingerprint density at radius 3 is 2.80 bits per heavy atom. The van der Waals surface area contributed by atoms with E-state index >= 15 is 0 Å². The van der Waals surface area contributed by atoms with Crippen LogP contribution in [0.3, 0.4) is 0 Å². The predicted molar refractivity (Wildman–Crippen MR) is 50.1 cm³/mol. The van der Waals surface area contributed by atoms with E-state index in [-0.39, 0.29) is 28.5 Å². The SMILES string of the molecule is COc1cnc(Cl)c(CC#N)c1C(F)F. The molecule has 80 valence electrons. The summed E-state index contributed by atoms with van der Waals surface area (Å²) in [6.45, 7) is 0. The molecule has 0 aliphatic carbocycles. The van der Waals surface area contributed by atoms with E-state index in [1.54, 1.807) is 6.07 Å². The van der Waals surface area contributed by atoms with Crippen molar-refractivity contribution in [1.29, 1.82) is 5.26 Å². The average Bonchev–Trinajstić information content (AvgIpc) is 2.20. The molecule has 0 fully saturated rings. The van der Waals surface area contributed by atoms with Crippen LogP contribution in [0.5, 0.6) is 5.75 Å². The highest BCUT2D eigenvalue weighted by atomic mass is 35.5. The van der Waals surface area contributed by atoms with E-state index < -0.39 is 6.43 Å². The summed E-state index contributed by atoms with van der Waals surface area (Å²) < 4.78 is 30.1. The van der Waals surface area contributed by atoms with Crippen LogP contribution in [0.4, 0.5) is 8.78 Å². The van der Waals surface area contributed by atoms with Crippen LogP contribution in [-0.4, -0.2) is 12.1 Å². The first kappa shape index (κ1) is 11.7. The Kier molecular flexibility index (Phi) is 3.81. The van der Waals surface area contributed by atoms with Crippen molar-refractivity contribution in [2.24, 2.45) is 0 Å². The van der Waals surface area contributed by atoms with Gasteiger partial charge >= 0.3 is 0 Å². The van der Waals surface area contributed by atoms with E-state index in [4.69, 9.17) is 21.6 Å². The lowest BCUT2D eigenvalue weighted by atomic mass is 10.1. The van der Waals surface area contributed by atoms with Gasteiger partial charge in [0.2, 0.25) is 0 Å². The molecule has 0 aliphatic heterocycles. The second-order valence-corrected chi connectivity index (χ2v) is 3.00. The van der Waals surface area contributed by atoms with Gasteiger partial charge in [0, 0.05) is 5.56 Å². The van der Waals surface area contributed by atoms with Gasteiger partial charge in [-0.1, -0.05) is 11.6 Å². The van der Waals surface area contributed by atoms with Crippen LogP contribution in [0.2, 0.25) is 5.15 Å². The molecular weight excluding hydrogens is 226 g/mol. The van der Waals surface area contributed by atoms with E-state index in [2.05, 4.69) is 4.98 Å². The molecule has 1 aromatic rings. The van der Waals surface area contributed by atoms with Gasteiger partial charge in [0.05, 0.1) is 31.4 Å². The van der Waals surface area contributed by atoms with Gasteiger partial charge in [0.1, 0.15) is 10.9 Å². The van der Waals surface area contributed by atoms with Gasteiger partial charge in [-0.15, -0.1) is 0 Å². The lowest BCUT2D eigenvalue weighted by Crippen LogP contribution is -2.01. The number of pyridine rings is 1. The number of hydrogen-bond donors (Lipinski definition) is 0. The molecule has 0 N–H and O–H groups in total. The first-order valence-electron chi connectivity index (χ1n) is 3.98. The van der Waals surface area contributed by atoms with Crippen molar-refractivity contribution in [1.82, 2.24) is 4.98 Å². The zero-order valence-electron chi connectivity index (χ0n) is 7.80. The number of halogens is 3. The second kappa shape index (κ2) is 4.89. The van der Waals surface area contributed by atoms with E-state index in [0.717, 1.165) is 6.20 Å². The average molecular weight is 233 g/mol. The molecule has 6 heteroatoms. The number of methoxy groups -OCH3 is 1. The molecule has 3 nitrogen and oxygen atoms in total. The van der Waals surface area contributed by atoms with E-state index in [1.807, 2.05) is 0 Å². The van der Waals surface area contributed by atoms with Crippen LogP contribution in [-0.2, 0) is 6.42 Å². The van der Waals surface area contributed by atoms with Gasteiger partial charge < -0.3 is 4.74 Å².